The Hall–Kier alpha value is -7.36. The maximum absolute atomic E-state index is 2.87. The first-order chi connectivity index (χ1) is 37.8. The molecule has 2 saturated carbocycles. The monoisotopic (exact) mass is 1010 g/mol. The van der Waals surface area contributed by atoms with Gasteiger partial charge in [-0.1, -0.05) is 177 Å². The molecular weight excluding hydrogens is 940 g/mol. The molecule has 1 spiro atoms. The van der Waals surface area contributed by atoms with Crippen LogP contribution in [0.2, 0.25) is 0 Å². The van der Waals surface area contributed by atoms with Crippen LogP contribution in [-0.4, -0.2) is 15.8 Å². The Kier molecular flexibility index (Phi) is 9.05. The molecule has 2 aromatic heterocycles. The van der Waals surface area contributed by atoms with Crippen molar-refractivity contribution in [3.05, 3.63) is 207 Å². The third-order valence-electron chi connectivity index (χ3n) is 21.1. The minimum absolute atomic E-state index is 0.00371. The van der Waals surface area contributed by atoms with Crippen molar-refractivity contribution in [1.29, 1.82) is 0 Å². The van der Waals surface area contributed by atoms with E-state index in [9.17, 15) is 0 Å². The molecule has 11 aromatic rings. The van der Waals surface area contributed by atoms with E-state index in [0.29, 0.717) is 22.7 Å². The fourth-order valence-corrected chi connectivity index (χ4v) is 17.0. The highest BCUT2D eigenvalue weighted by Gasteiger charge is 2.55. The van der Waals surface area contributed by atoms with Gasteiger partial charge in [0.05, 0.1) is 22.1 Å². The number of hydrogen-bond acceptors (Lipinski definition) is 0. The average molecular weight is 1010 g/mol. The van der Waals surface area contributed by atoms with Crippen LogP contribution < -0.4 is 16.4 Å². The molecule has 0 radical (unpaired) electrons. The quantitative estimate of drug-likeness (QED) is 0.156. The van der Waals surface area contributed by atoms with Crippen LogP contribution in [0.15, 0.2) is 152 Å². The summed E-state index contributed by atoms with van der Waals surface area (Å²) in [4.78, 5) is 0. The van der Waals surface area contributed by atoms with Crippen LogP contribution in [0.4, 0.5) is 0 Å². The van der Waals surface area contributed by atoms with E-state index in [-0.39, 0.29) is 6.71 Å². The molecule has 0 saturated heterocycles. The summed E-state index contributed by atoms with van der Waals surface area (Å²) in [5, 5.41) is 6.93. The van der Waals surface area contributed by atoms with Gasteiger partial charge >= 0.3 is 0 Å². The van der Waals surface area contributed by atoms with E-state index in [1.807, 2.05) is 0 Å². The van der Waals surface area contributed by atoms with Gasteiger partial charge in [-0.2, -0.15) is 0 Å². The number of benzene rings is 9. The van der Waals surface area contributed by atoms with Gasteiger partial charge in [-0.25, -0.2) is 0 Å². The van der Waals surface area contributed by atoms with Crippen LogP contribution in [0, 0.1) is 38.5 Å². The van der Waals surface area contributed by atoms with Gasteiger partial charge in [-0.3, -0.25) is 0 Å². The lowest BCUT2D eigenvalue weighted by atomic mass is 9.33. The number of nitrogens with zero attached hydrogens (tertiary/aromatic N) is 2. The Labute approximate surface area is 460 Å². The van der Waals surface area contributed by atoms with Crippen LogP contribution >= 0.6 is 0 Å². The van der Waals surface area contributed by atoms with Gasteiger partial charge in [0.2, 0.25) is 0 Å². The van der Waals surface area contributed by atoms with Gasteiger partial charge in [-0.05, 0) is 209 Å². The lowest BCUT2D eigenvalue weighted by Crippen LogP contribution is -2.60. The van der Waals surface area contributed by atoms with Crippen LogP contribution in [0.5, 0.6) is 0 Å². The van der Waals surface area contributed by atoms with E-state index in [1.54, 1.807) is 11.1 Å². The molecule has 3 heteroatoms. The largest absolute Gasteiger partial charge is 0.310 e. The van der Waals surface area contributed by atoms with Gasteiger partial charge in [0, 0.05) is 38.6 Å². The molecule has 9 aromatic carbocycles. The molecule has 3 aliphatic heterocycles. The van der Waals surface area contributed by atoms with Gasteiger partial charge in [0.25, 0.3) is 6.71 Å². The minimum atomic E-state index is -0.544. The second kappa shape index (κ2) is 15.5. The molecule has 2 fully saturated rings. The first-order valence-corrected chi connectivity index (χ1v) is 29.6. The van der Waals surface area contributed by atoms with Gasteiger partial charge in [-0.15, -0.1) is 0 Å². The Morgan fingerprint density at radius 2 is 1.00 bits per heavy atom. The molecule has 0 atom stereocenters. The van der Waals surface area contributed by atoms with Crippen LogP contribution in [0.1, 0.15) is 147 Å². The molecule has 2 nitrogen and oxygen atoms in total. The van der Waals surface area contributed by atoms with E-state index < -0.39 is 5.41 Å². The lowest BCUT2D eigenvalue weighted by Gasteiger charge is -2.44. The highest BCUT2D eigenvalue weighted by atomic mass is 15.1. The van der Waals surface area contributed by atoms with Crippen LogP contribution in [0.25, 0.3) is 88.4 Å². The zero-order valence-electron chi connectivity index (χ0n) is 46.7. The molecule has 0 amide bonds. The first kappa shape index (κ1) is 45.6. The lowest BCUT2D eigenvalue weighted by molar-refractivity contribution is 0.224. The number of aromatic nitrogens is 2. The summed E-state index contributed by atoms with van der Waals surface area (Å²) >= 11 is 0. The summed E-state index contributed by atoms with van der Waals surface area (Å²) in [5.74, 6) is 1.04. The number of hydrogen-bond donors (Lipinski definition) is 0. The summed E-state index contributed by atoms with van der Waals surface area (Å²) in [6, 6.07) is 61.9. The maximum Gasteiger partial charge on any atom is 0.253 e. The van der Waals surface area contributed by atoms with Crippen molar-refractivity contribution in [3.8, 4) is 44.9 Å². The molecule has 0 N–H and O–H groups in total. The SMILES string of the molecule is Cc1ccc(-c2c(-c3ccc(C)cc3)n3c4c(c5ccccc5cc24)B2c4c-3ccc3c4-n4c5c2cc(C2CCC(C)(C)CC2)cc5c2cc(C5CCC(C)(C)CC5)cc(c24)C32c3cc(C)ccc3-c3ccc(C)cc32)cc1. The summed E-state index contributed by atoms with van der Waals surface area (Å²) in [5.41, 5.74) is 33.5. The van der Waals surface area contributed by atoms with Crippen molar-refractivity contribution in [1.82, 2.24) is 9.13 Å². The van der Waals surface area contributed by atoms with Crippen molar-refractivity contribution < 1.29 is 0 Å². The van der Waals surface area contributed by atoms with Crippen LogP contribution in [-0.2, 0) is 5.41 Å². The van der Waals surface area contributed by atoms with Gasteiger partial charge in [0.15, 0.2) is 0 Å². The van der Waals surface area contributed by atoms with E-state index in [4.69, 9.17) is 0 Å². The summed E-state index contributed by atoms with van der Waals surface area (Å²) in [6.07, 6.45) is 10.00. The fraction of sp³-hybridized carbons (Fsp3) is 0.280. The second-order valence-corrected chi connectivity index (χ2v) is 27.1. The predicted octanol–water partition coefficient (Wildman–Crippen LogP) is 17.6. The average Bonchev–Trinajstić information content (AvgIpc) is 1.76. The first-order valence-electron chi connectivity index (χ1n) is 29.6. The van der Waals surface area contributed by atoms with Crippen molar-refractivity contribution in [2.24, 2.45) is 10.8 Å². The van der Waals surface area contributed by atoms with Gasteiger partial charge in [0.1, 0.15) is 0 Å². The molecule has 78 heavy (non-hydrogen) atoms. The Morgan fingerprint density at radius 3 is 1.63 bits per heavy atom. The minimum Gasteiger partial charge on any atom is -0.310 e. The smallest absolute Gasteiger partial charge is 0.253 e. The maximum atomic E-state index is 2.87. The summed E-state index contributed by atoms with van der Waals surface area (Å²) < 4.78 is 5.64. The molecule has 3 aliphatic carbocycles. The molecule has 0 unspecified atom stereocenters. The Bertz CT molecular complexity index is 4420. The van der Waals surface area contributed by atoms with E-state index in [0.717, 1.165) is 0 Å². The molecular formula is C75H67BN2. The van der Waals surface area contributed by atoms with E-state index >= 15 is 0 Å². The number of fused-ring (bicyclic) bond motifs is 13. The Balaban J connectivity index is 1.10. The topological polar surface area (TPSA) is 9.86 Å². The summed E-state index contributed by atoms with van der Waals surface area (Å²) in [6.45, 7) is 19.1. The standard InChI is InChI=1S/C75H67BN2/c1-42-13-19-48(20-14-42)65-58-37-50-11-9-10-12-53(50)66-71(58)77(68(65)49-21-15-43(2)16-22-49)64-26-25-59-72-67(64)76(66)63-41-52(47-29-33-74(7,8)34-30-47)39-57-56-38-51(46-27-31-73(5,6)32-28-46)40-62(69(56)78(72)70(57)63)75(59)60-35-44(3)17-23-54(60)55-24-18-45(4)36-61(55)75/h9-26,35-41,46-47H,27-34H2,1-8H3. The zero-order valence-corrected chi connectivity index (χ0v) is 46.7. The van der Waals surface area contributed by atoms with E-state index in [1.165, 1.54) is 201 Å². The van der Waals surface area contributed by atoms with Crippen LogP contribution in [0.3, 0.4) is 0 Å². The molecule has 0 bridgehead atoms. The number of aryl methyl sites for hydroxylation is 4. The van der Waals surface area contributed by atoms with Crippen molar-refractivity contribution in [2.45, 2.75) is 124 Å². The highest BCUT2D eigenvalue weighted by molar-refractivity contribution is 7.01. The molecule has 380 valence electrons. The van der Waals surface area contributed by atoms with Gasteiger partial charge < -0.3 is 9.13 Å². The van der Waals surface area contributed by atoms with Crippen molar-refractivity contribution in [2.75, 3.05) is 0 Å². The normalized spacial score (nSPS) is 18.0. The molecule has 17 rings (SSSR count). The molecule has 6 aliphatic rings. The van der Waals surface area contributed by atoms with Crippen molar-refractivity contribution >= 4 is 66.6 Å². The third-order valence-corrected chi connectivity index (χ3v) is 21.1. The highest BCUT2D eigenvalue weighted by Crippen LogP contribution is 2.63. The molecule has 5 heterocycles. The zero-order chi connectivity index (χ0) is 52.5. The third kappa shape index (κ3) is 5.90. The summed E-state index contributed by atoms with van der Waals surface area (Å²) in [7, 11) is 0. The van der Waals surface area contributed by atoms with E-state index in [2.05, 4.69) is 216 Å². The predicted molar refractivity (Wildman–Crippen MR) is 330 cm³/mol. The fourth-order valence-electron chi connectivity index (χ4n) is 17.0. The Morgan fingerprint density at radius 1 is 0.436 bits per heavy atom. The van der Waals surface area contributed by atoms with Crippen molar-refractivity contribution in [3.63, 3.8) is 0 Å². The number of rotatable bonds is 4. The second-order valence-electron chi connectivity index (χ2n) is 27.1.